The monoisotopic (exact) mass is 399 g/mol. The number of nitrogens with one attached hydrogen (secondary N) is 1. The van der Waals surface area contributed by atoms with Gasteiger partial charge in [-0.3, -0.25) is 10.00 Å². The highest BCUT2D eigenvalue weighted by Crippen LogP contribution is 2.33. The fourth-order valence-electron chi connectivity index (χ4n) is 2.56. The van der Waals surface area contributed by atoms with Gasteiger partial charge in [0.05, 0.1) is 18.7 Å². The summed E-state index contributed by atoms with van der Waals surface area (Å²) in [5.41, 5.74) is -0.211. The maximum Gasteiger partial charge on any atom is 0.416 e. The number of benzene rings is 1. The van der Waals surface area contributed by atoms with E-state index in [-0.39, 0.29) is 30.0 Å². The van der Waals surface area contributed by atoms with Gasteiger partial charge in [0, 0.05) is 18.1 Å². The van der Waals surface area contributed by atoms with Crippen LogP contribution in [0.15, 0.2) is 30.6 Å². The van der Waals surface area contributed by atoms with E-state index >= 15 is 0 Å². The zero-order chi connectivity index (χ0) is 20.9. The summed E-state index contributed by atoms with van der Waals surface area (Å²) in [6.45, 7) is 4.51. The van der Waals surface area contributed by atoms with Gasteiger partial charge in [0.15, 0.2) is 0 Å². The second kappa shape index (κ2) is 8.77. The summed E-state index contributed by atoms with van der Waals surface area (Å²) in [5, 5.41) is 6.34. The van der Waals surface area contributed by atoms with Gasteiger partial charge in [-0.1, -0.05) is 0 Å². The molecule has 0 aliphatic heterocycles. The number of alkyl halides is 3. The molecule has 2 rings (SSSR count). The number of nitrogens with zero attached hydrogens (tertiary/aromatic N) is 2. The summed E-state index contributed by atoms with van der Waals surface area (Å²) in [6, 6.07) is 3.49. The van der Waals surface area contributed by atoms with E-state index < -0.39 is 29.9 Å². The second-order valence-electron chi connectivity index (χ2n) is 5.98. The molecule has 152 valence electrons. The van der Waals surface area contributed by atoms with Crippen LogP contribution in [-0.2, 0) is 27.0 Å². The third-order valence-electron chi connectivity index (χ3n) is 3.80. The van der Waals surface area contributed by atoms with Crippen molar-refractivity contribution in [2.75, 3.05) is 11.9 Å². The van der Waals surface area contributed by atoms with E-state index in [2.05, 4.69) is 10.4 Å². The average Bonchev–Trinajstić information content (AvgIpc) is 3.10. The Morgan fingerprint density at radius 3 is 2.39 bits per heavy atom. The van der Waals surface area contributed by atoms with Crippen LogP contribution < -0.4 is 5.32 Å². The molecule has 1 aromatic heterocycles. The molecule has 2 aromatic rings. The predicted molar refractivity (Wildman–Crippen MR) is 93.7 cm³/mol. The minimum absolute atomic E-state index is 0.0652. The molecule has 0 saturated carbocycles. The van der Waals surface area contributed by atoms with Crippen LogP contribution in [0.1, 0.15) is 23.6 Å². The van der Waals surface area contributed by atoms with Crippen molar-refractivity contribution in [1.82, 2.24) is 9.78 Å². The maximum absolute atomic E-state index is 12.9. The number of esters is 1. The van der Waals surface area contributed by atoms with Crippen molar-refractivity contribution >= 4 is 17.7 Å². The molecule has 0 radical (unpaired) electrons. The molecular weight excluding hydrogens is 379 g/mol. The van der Waals surface area contributed by atoms with Gasteiger partial charge in [-0.05, 0) is 50.1 Å². The Morgan fingerprint density at radius 2 is 1.89 bits per heavy atom. The molecule has 0 aliphatic rings. The van der Waals surface area contributed by atoms with Crippen molar-refractivity contribution in [2.45, 2.75) is 39.6 Å². The summed E-state index contributed by atoms with van der Waals surface area (Å²) in [5.74, 6) is -0.756. The number of amides is 1. The first-order chi connectivity index (χ1) is 13.1. The van der Waals surface area contributed by atoms with Crippen LogP contribution in [0.25, 0.3) is 0 Å². The fraction of sp³-hybridized carbons (Fsp3) is 0.389. The lowest BCUT2D eigenvalue weighted by Gasteiger charge is -2.19. The Labute approximate surface area is 159 Å². The van der Waals surface area contributed by atoms with Crippen molar-refractivity contribution in [3.63, 3.8) is 0 Å². The van der Waals surface area contributed by atoms with Gasteiger partial charge < -0.3 is 9.47 Å². The second-order valence-corrected chi connectivity index (χ2v) is 5.98. The number of hydrogen-bond acceptors (Lipinski definition) is 5. The van der Waals surface area contributed by atoms with E-state index in [9.17, 15) is 22.8 Å². The predicted octanol–water partition coefficient (Wildman–Crippen LogP) is 3.70. The largest absolute Gasteiger partial charge is 0.463 e. The summed E-state index contributed by atoms with van der Waals surface area (Å²) < 4.78 is 50.1. The van der Waals surface area contributed by atoms with E-state index in [1.54, 1.807) is 19.2 Å². The summed E-state index contributed by atoms with van der Waals surface area (Å²) in [6.07, 6.45) is -3.67. The Bertz CT molecular complexity index is 812. The number of aromatic nitrogens is 2. The van der Waals surface area contributed by atoms with Crippen LogP contribution in [0.3, 0.4) is 0 Å². The van der Waals surface area contributed by atoms with Gasteiger partial charge in [-0.25, -0.2) is 9.59 Å². The minimum Gasteiger partial charge on any atom is -0.463 e. The molecule has 28 heavy (non-hydrogen) atoms. The number of carbonyl (C=O) groups is 2. The van der Waals surface area contributed by atoms with E-state index in [0.29, 0.717) is 0 Å². The Hall–Kier alpha value is -3.04. The highest BCUT2D eigenvalue weighted by atomic mass is 19.4. The molecule has 0 aliphatic carbocycles. The number of ether oxygens (including phenoxy) is 2. The number of anilines is 1. The molecule has 0 spiro atoms. The minimum atomic E-state index is -4.49. The third kappa shape index (κ3) is 5.48. The molecule has 7 nitrogen and oxygen atoms in total. The van der Waals surface area contributed by atoms with Crippen molar-refractivity contribution in [3.05, 3.63) is 47.3 Å². The summed E-state index contributed by atoms with van der Waals surface area (Å²) in [4.78, 5) is 24.3. The highest BCUT2D eigenvalue weighted by molar-refractivity contribution is 5.89. The number of rotatable bonds is 6. The first-order valence-corrected chi connectivity index (χ1v) is 8.42. The third-order valence-corrected chi connectivity index (χ3v) is 3.80. The van der Waals surface area contributed by atoms with Gasteiger partial charge >= 0.3 is 18.2 Å². The Morgan fingerprint density at radius 1 is 1.25 bits per heavy atom. The van der Waals surface area contributed by atoms with Crippen LogP contribution in [-0.4, -0.2) is 34.6 Å². The molecule has 1 unspecified atom stereocenters. The average molecular weight is 399 g/mol. The van der Waals surface area contributed by atoms with Gasteiger partial charge in [0.25, 0.3) is 0 Å². The van der Waals surface area contributed by atoms with Gasteiger partial charge in [0.2, 0.25) is 6.10 Å². The number of aryl methyl sites for hydroxylation is 2. The Kier molecular flexibility index (Phi) is 6.66. The van der Waals surface area contributed by atoms with Gasteiger partial charge in [-0.2, -0.15) is 18.3 Å². The topological polar surface area (TPSA) is 82.5 Å². The SMILES string of the molecule is CCOC(=O)C(Cn1cccn1)OC(=O)Nc1c(C)cc(C(F)(F)F)cc1C. The quantitative estimate of drug-likeness (QED) is 0.749. The van der Waals surface area contributed by atoms with Gasteiger partial charge in [0.1, 0.15) is 0 Å². The summed E-state index contributed by atoms with van der Waals surface area (Å²) >= 11 is 0. The molecule has 0 bridgehead atoms. The van der Waals surface area contributed by atoms with E-state index in [1.807, 2.05) is 0 Å². The van der Waals surface area contributed by atoms with Crippen LogP contribution in [0.5, 0.6) is 0 Å². The van der Waals surface area contributed by atoms with Gasteiger partial charge in [-0.15, -0.1) is 0 Å². The standard InChI is InChI=1S/C18H20F3N3O4/c1-4-27-16(25)14(10-24-7-5-6-22-24)28-17(26)23-15-11(2)8-13(9-12(15)3)18(19,20)21/h5-9,14H,4,10H2,1-3H3,(H,23,26). The lowest BCUT2D eigenvalue weighted by atomic mass is 10.0. The first-order valence-electron chi connectivity index (χ1n) is 8.42. The van der Waals surface area contributed by atoms with Crippen molar-refractivity contribution in [3.8, 4) is 0 Å². The molecular formula is C18H20F3N3O4. The van der Waals surface area contributed by atoms with E-state index in [1.165, 1.54) is 24.7 Å². The maximum atomic E-state index is 12.9. The molecule has 1 atom stereocenters. The molecule has 0 fully saturated rings. The zero-order valence-electron chi connectivity index (χ0n) is 15.5. The van der Waals surface area contributed by atoms with Crippen molar-refractivity contribution in [2.24, 2.45) is 0 Å². The molecule has 1 N–H and O–H groups in total. The van der Waals surface area contributed by atoms with Crippen LogP contribution in [0, 0.1) is 13.8 Å². The zero-order valence-corrected chi connectivity index (χ0v) is 15.5. The van der Waals surface area contributed by atoms with Crippen LogP contribution >= 0.6 is 0 Å². The van der Waals surface area contributed by atoms with Crippen LogP contribution in [0.4, 0.5) is 23.7 Å². The molecule has 1 amide bonds. The molecule has 1 heterocycles. The lowest BCUT2D eigenvalue weighted by molar-refractivity contribution is -0.153. The lowest BCUT2D eigenvalue weighted by Crippen LogP contribution is -2.35. The van der Waals surface area contributed by atoms with Crippen LogP contribution in [0.2, 0.25) is 0 Å². The highest BCUT2D eigenvalue weighted by Gasteiger charge is 2.32. The number of hydrogen-bond donors (Lipinski definition) is 1. The number of carbonyl (C=O) groups excluding carboxylic acids is 2. The van der Waals surface area contributed by atoms with E-state index in [0.717, 1.165) is 12.1 Å². The molecule has 1 aromatic carbocycles. The van der Waals surface area contributed by atoms with Crippen molar-refractivity contribution < 1.29 is 32.2 Å². The Balaban J connectivity index is 2.15. The van der Waals surface area contributed by atoms with Crippen molar-refractivity contribution in [1.29, 1.82) is 0 Å². The first kappa shape index (κ1) is 21.3. The summed E-state index contributed by atoms with van der Waals surface area (Å²) in [7, 11) is 0. The normalized spacial score (nSPS) is 12.4. The smallest absolute Gasteiger partial charge is 0.416 e. The van der Waals surface area contributed by atoms with E-state index in [4.69, 9.17) is 9.47 Å². The molecule has 0 saturated heterocycles. The molecule has 10 heteroatoms. The number of halogens is 3. The fourth-order valence-corrected chi connectivity index (χ4v) is 2.56.